The predicted molar refractivity (Wildman–Crippen MR) is 125 cm³/mol. The maximum atomic E-state index is 13.1. The summed E-state index contributed by atoms with van der Waals surface area (Å²) in [6.45, 7) is 3.81. The zero-order chi connectivity index (χ0) is 23.6. The molecule has 0 aliphatic heterocycles. The molecule has 0 bridgehead atoms. The summed E-state index contributed by atoms with van der Waals surface area (Å²) in [5.41, 5.74) is 1.37. The van der Waals surface area contributed by atoms with Crippen molar-refractivity contribution in [1.82, 2.24) is 19.7 Å². The first-order valence-electron chi connectivity index (χ1n) is 10.2. The fourth-order valence-corrected chi connectivity index (χ4v) is 5.89. The van der Waals surface area contributed by atoms with Gasteiger partial charge in [0.15, 0.2) is 21.4 Å². The lowest BCUT2D eigenvalue weighted by molar-refractivity contribution is 0.390. The quantitative estimate of drug-likeness (QED) is 0.350. The van der Waals surface area contributed by atoms with E-state index >= 15 is 0 Å². The summed E-state index contributed by atoms with van der Waals surface area (Å²) in [5, 5.41) is 9.38. The summed E-state index contributed by atoms with van der Waals surface area (Å²) < 4.78 is 44.4. The van der Waals surface area contributed by atoms with Crippen molar-refractivity contribution in [3.63, 3.8) is 0 Å². The SMILES string of the molecule is COc1cccc(OC)c1-n1c(CS(=O)(=O)CCc2sc(C)nc2C)nnc1-c1ccco1. The average molecular weight is 489 g/mol. The Kier molecular flexibility index (Phi) is 6.52. The Morgan fingerprint density at radius 2 is 1.79 bits per heavy atom. The van der Waals surface area contributed by atoms with E-state index in [1.807, 2.05) is 13.8 Å². The molecule has 4 rings (SSSR count). The van der Waals surface area contributed by atoms with E-state index < -0.39 is 9.84 Å². The highest BCUT2D eigenvalue weighted by Crippen LogP contribution is 2.36. The van der Waals surface area contributed by atoms with Crippen molar-refractivity contribution < 1.29 is 22.3 Å². The number of para-hydroxylation sites is 1. The average Bonchev–Trinajstić information content (AvgIpc) is 3.51. The van der Waals surface area contributed by atoms with Gasteiger partial charge in [0.1, 0.15) is 22.9 Å². The van der Waals surface area contributed by atoms with Gasteiger partial charge in [-0.05, 0) is 44.5 Å². The van der Waals surface area contributed by atoms with Crippen LogP contribution >= 0.6 is 11.3 Å². The number of thiazole rings is 1. The third-order valence-electron chi connectivity index (χ3n) is 5.09. The molecule has 0 atom stereocenters. The van der Waals surface area contributed by atoms with E-state index in [4.69, 9.17) is 13.9 Å². The number of ether oxygens (including phenoxy) is 2. The van der Waals surface area contributed by atoms with Crippen molar-refractivity contribution in [3.05, 3.63) is 58.0 Å². The molecule has 0 saturated heterocycles. The van der Waals surface area contributed by atoms with E-state index in [2.05, 4.69) is 15.2 Å². The first-order chi connectivity index (χ1) is 15.8. The van der Waals surface area contributed by atoms with Crippen LogP contribution in [0.15, 0.2) is 41.0 Å². The fraction of sp³-hybridized carbons (Fsp3) is 0.318. The Bertz CT molecular complexity index is 1340. The second-order valence-electron chi connectivity index (χ2n) is 7.35. The lowest BCUT2D eigenvalue weighted by atomic mass is 10.2. The Hall–Kier alpha value is -3.18. The zero-order valence-corrected chi connectivity index (χ0v) is 20.4. The van der Waals surface area contributed by atoms with E-state index in [9.17, 15) is 8.42 Å². The van der Waals surface area contributed by atoms with Crippen LogP contribution in [0.1, 0.15) is 21.4 Å². The van der Waals surface area contributed by atoms with Crippen LogP contribution < -0.4 is 9.47 Å². The van der Waals surface area contributed by atoms with Gasteiger partial charge in [0.05, 0.1) is 36.9 Å². The van der Waals surface area contributed by atoms with Gasteiger partial charge in [-0.25, -0.2) is 13.4 Å². The number of benzene rings is 1. The van der Waals surface area contributed by atoms with Gasteiger partial charge in [0, 0.05) is 4.88 Å². The van der Waals surface area contributed by atoms with E-state index in [0.29, 0.717) is 35.2 Å². The predicted octanol–water partition coefficient (Wildman–Crippen LogP) is 3.78. The Balaban J connectivity index is 1.75. The maximum absolute atomic E-state index is 13.1. The van der Waals surface area contributed by atoms with Crippen LogP contribution in [0, 0.1) is 13.8 Å². The highest BCUT2D eigenvalue weighted by atomic mass is 32.2. The van der Waals surface area contributed by atoms with Gasteiger partial charge in [0.25, 0.3) is 0 Å². The molecule has 0 aliphatic carbocycles. The largest absolute Gasteiger partial charge is 0.494 e. The van der Waals surface area contributed by atoms with Gasteiger partial charge >= 0.3 is 0 Å². The number of hydrogen-bond donors (Lipinski definition) is 0. The molecule has 4 aromatic rings. The number of rotatable bonds is 9. The molecule has 0 unspecified atom stereocenters. The molecule has 9 nitrogen and oxygen atoms in total. The smallest absolute Gasteiger partial charge is 0.204 e. The van der Waals surface area contributed by atoms with Crippen molar-refractivity contribution in [3.8, 4) is 28.8 Å². The summed E-state index contributed by atoms with van der Waals surface area (Å²) in [7, 11) is -0.457. The normalized spacial score (nSPS) is 11.6. The molecule has 1 aromatic carbocycles. The Labute approximate surface area is 195 Å². The highest BCUT2D eigenvalue weighted by Gasteiger charge is 2.26. The molecule has 0 N–H and O–H groups in total. The lowest BCUT2D eigenvalue weighted by Crippen LogP contribution is -2.16. The van der Waals surface area contributed by atoms with Crippen molar-refractivity contribution in [2.75, 3.05) is 20.0 Å². The number of aromatic nitrogens is 4. The molecule has 11 heteroatoms. The lowest BCUT2D eigenvalue weighted by Gasteiger charge is -2.16. The molecule has 3 heterocycles. The number of nitrogens with zero attached hydrogens (tertiary/aromatic N) is 4. The minimum atomic E-state index is -3.52. The molecule has 3 aromatic heterocycles. The van der Waals surface area contributed by atoms with Crippen LogP contribution in [-0.4, -0.2) is 48.1 Å². The molecule has 0 aliphatic rings. The van der Waals surface area contributed by atoms with Crippen molar-refractivity contribution in [2.24, 2.45) is 0 Å². The first-order valence-corrected chi connectivity index (χ1v) is 12.8. The second kappa shape index (κ2) is 9.36. The van der Waals surface area contributed by atoms with Gasteiger partial charge in [-0.3, -0.25) is 4.57 Å². The molecular formula is C22H24N4O5S2. The molecule has 0 spiro atoms. The molecule has 0 radical (unpaired) electrons. The monoisotopic (exact) mass is 488 g/mol. The number of sulfone groups is 1. The highest BCUT2D eigenvalue weighted by molar-refractivity contribution is 7.90. The van der Waals surface area contributed by atoms with Crippen LogP contribution in [0.3, 0.4) is 0 Å². The maximum Gasteiger partial charge on any atom is 0.204 e. The summed E-state index contributed by atoms with van der Waals surface area (Å²) in [6.07, 6.45) is 1.92. The molecule has 33 heavy (non-hydrogen) atoms. The molecular weight excluding hydrogens is 464 g/mol. The van der Waals surface area contributed by atoms with Crippen LogP contribution in [0.4, 0.5) is 0 Å². The third kappa shape index (κ3) is 4.79. The summed E-state index contributed by atoms with van der Waals surface area (Å²) in [6, 6.07) is 8.76. The zero-order valence-electron chi connectivity index (χ0n) is 18.7. The standard InChI is InChI=1S/C22H24N4O5S2/c1-14-19(32-15(2)23-14)10-12-33(27,28)13-20-24-25-22(18-9-6-11-31-18)26(20)21-16(29-3)7-5-8-17(21)30-4/h5-9,11H,10,12-13H2,1-4H3. The van der Waals surface area contributed by atoms with E-state index in [-0.39, 0.29) is 17.3 Å². The summed E-state index contributed by atoms with van der Waals surface area (Å²) >= 11 is 1.52. The number of aryl methyl sites for hydroxylation is 3. The number of methoxy groups -OCH3 is 2. The second-order valence-corrected chi connectivity index (χ2v) is 10.8. The summed E-state index contributed by atoms with van der Waals surface area (Å²) in [4.78, 5) is 5.35. The van der Waals surface area contributed by atoms with Crippen molar-refractivity contribution in [2.45, 2.75) is 26.0 Å². The Morgan fingerprint density at radius 1 is 1.06 bits per heavy atom. The molecule has 0 fully saturated rings. The van der Waals surface area contributed by atoms with Gasteiger partial charge in [-0.1, -0.05) is 6.07 Å². The van der Waals surface area contributed by atoms with E-state index in [0.717, 1.165) is 15.6 Å². The molecule has 0 saturated carbocycles. The summed E-state index contributed by atoms with van der Waals surface area (Å²) in [5.74, 6) is 1.66. The third-order valence-corrected chi connectivity index (χ3v) is 7.74. The van der Waals surface area contributed by atoms with Crippen LogP contribution in [0.5, 0.6) is 11.5 Å². The minimum absolute atomic E-state index is 0.0263. The number of furan rings is 1. The van der Waals surface area contributed by atoms with E-state index in [1.165, 1.54) is 31.8 Å². The topological polar surface area (TPSA) is 109 Å². The fourth-order valence-electron chi connectivity index (χ4n) is 3.58. The van der Waals surface area contributed by atoms with Crippen molar-refractivity contribution >= 4 is 21.2 Å². The minimum Gasteiger partial charge on any atom is -0.494 e. The van der Waals surface area contributed by atoms with Crippen LogP contribution in [0.2, 0.25) is 0 Å². The number of hydrogen-bond acceptors (Lipinski definition) is 9. The van der Waals surface area contributed by atoms with Gasteiger partial charge < -0.3 is 13.9 Å². The van der Waals surface area contributed by atoms with Crippen molar-refractivity contribution in [1.29, 1.82) is 0 Å². The van der Waals surface area contributed by atoms with E-state index in [1.54, 1.807) is 34.9 Å². The molecule has 174 valence electrons. The Morgan fingerprint density at radius 3 is 2.36 bits per heavy atom. The first kappa shape index (κ1) is 23.0. The van der Waals surface area contributed by atoms with Gasteiger partial charge in [0.2, 0.25) is 5.82 Å². The molecule has 0 amide bonds. The van der Waals surface area contributed by atoms with Crippen LogP contribution in [0.25, 0.3) is 17.3 Å². The van der Waals surface area contributed by atoms with Gasteiger partial charge in [-0.15, -0.1) is 21.5 Å². The van der Waals surface area contributed by atoms with Gasteiger partial charge in [-0.2, -0.15) is 0 Å². The van der Waals surface area contributed by atoms with Crippen LogP contribution in [-0.2, 0) is 22.0 Å².